The molecule has 0 aliphatic rings. The highest BCUT2D eigenvalue weighted by Gasteiger charge is 2.35. The molecule has 0 saturated carbocycles. The minimum atomic E-state index is -4.58. The largest absolute Gasteiger partial charge is 0.433 e. The summed E-state index contributed by atoms with van der Waals surface area (Å²) in [4.78, 5) is 15.4. The number of halogens is 3. The third kappa shape index (κ3) is 2.07. The molecule has 0 aromatic carbocycles. The fourth-order valence-electron chi connectivity index (χ4n) is 1.80. The Morgan fingerprint density at radius 1 is 1.30 bits per heavy atom. The molecule has 0 atom stereocenters. The first kappa shape index (κ1) is 12.8. The van der Waals surface area contributed by atoms with E-state index in [0.717, 1.165) is 6.07 Å². The maximum absolute atomic E-state index is 13.1. The van der Waals surface area contributed by atoms with Crippen LogP contribution in [0.5, 0.6) is 0 Å². The molecule has 0 bridgehead atoms. The number of thiophene rings is 1. The van der Waals surface area contributed by atoms with Crippen molar-refractivity contribution in [3.63, 3.8) is 0 Å². The molecule has 0 fully saturated rings. The number of aldehydes is 1. The fourth-order valence-corrected chi connectivity index (χ4v) is 2.49. The van der Waals surface area contributed by atoms with E-state index in [1.807, 2.05) is 0 Å². The number of hydrogen-bond donors (Lipinski definition) is 0. The number of nitrogens with zero attached hydrogens (tertiary/aromatic N) is 3. The summed E-state index contributed by atoms with van der Waals surface area (Å²) in [6.45, 7) is 0. The van der Waals surface area contributed by atoms with Crippen LogP contribution < -0.4 is 0 Å². The van der Waals surface area contributed by atoms with E-state index in [9.17, 15) is 18.0 Å². The molecule has 102 valence electrons. The molecule has 0 N–H and O–H groups in total. The minimum Gasteiger partial charge on any atom is -0.296 e. The zero-order chi connectivity index (χ0) is 14.3. The summed E-state index contributed by atoms with van der Waals surface area (Å²) in [6.07, 6.45) is -4.20. The van der Waals surface area contributed by atoms with Crippen LogP contribution in [0, 0.1) is 0 Å². The topological polar surface area (TPSA) is 47.3 Å². The maximum Gasteiger partial charge on any atom is 0.433 e. The Hall–Kier alpha value is -2.22. The van der Waals surface area contributed by atoms with E-state index in [1.165, 1.54) is 17.4 Å². The van der Waals surface area contributed by atoms with Crippen LogP contribution in [0.25, 0.3) is 16.2 Å². The lowest BCUT2D eigenvalue weighted by Gasteiger charge is -2.10. The van der Waals surface area contributed by atoms with Gasteiger partial charge in [-0.3, -0.25) is 4.79 Å². The van der Waals surface area contributed by atoms with Crippen LogP contribution in [-0.4, -0.2) is 20.9 Å². The highest BCUT2D eigenvalue weighted by Crippen LogP contribution is 2.33. The van der Waals surface area contributed by atoms with Crippen LogP contribution in [0.1, 0.15) is 16.2 Å². The average Bonchev–Trinajstić information content (AvgIpc) is 3.04. The second-order valence-electron chi connectivity index (χ2n) is 3.96. The van der Waals surface area contributed by atoms with Crippen molar-refractivity contribution in [1.29, 1.82) is 0 Å². The van der Waals surface area contributed by atoms with Crippen molar-refractivity contribution in [2.45, 2.75) is 6.18 Å². The van der Waals surface area contributed by atoms with E-state index in [1.54, 1.807) is 17.5 Å². The molecule has 4 nitrogen and oxygen atoms in total. The lowest BCUT2D eigenvalue weighted by Crippen LogP contribution is -2.13. The summed E-state index contributed by atoms with van der Waals surface area (Å²) < 4.78 is 39.9. The monoisotopic (exact) mass is 297 g/mol. The predicted molar refractivity (Wildman–Crippen MR) is 66.7 cm³/mol. The second kappa shape index (κ2) is 4.41. The molecule has 0 aliphatic heterocycles. The van der Waals surface area contributed by atoms with Crippen LogP contribution in [0.2, 0.25) is 0 Å². The molecule has 0 unspecified atom stereocenters. The number of rotatable bonds is 2. The lowest BCUT2D eigenvalue weighted by molar-refractivity contribution is -0.142. The number of fused-ring (bicyclic) bond motifs is 1. The van der Waals surface area contributed by atoms with Crippen LogP contribution in [0.15, 0.2) is 29.6 Å². The van der Waals surface area contributed by atoms with E-state index >= 15 is 0 Å². The van der Waals surface area contributed by atoms with Gasteiger partial charge in [0.1, 0.15) is 5.69 Å². The molecule has 0 saturated heterocycles. The van der Waals surface area contributed by atoms with Gasteiger partial charge in [-0.05, 0) is 17.5 Å². The van der Waals surface area contributed by atoms with Gasteiger partial charge in [0.15, 0.2) is 17.6 Å². The van der Waals surface area contributed by atoms with Crippen molar-refractivity contribution in [1.82, 2.24) is 14.6 Å². The SMILES string of the molecule is O=Cc1cc2nc(-c3cccs3)cc(C(F)(F)F)n2n1. The zero-order valence-corrected chi connectivity index (χ0v) is 10.6. The van der Waals surface area contributed by atoms with Gasteiger partial charge in [0.05, 0.1) is 10.6 Å². The van der Waals surface area contributed by atoms with Crippen LogP contribution >= 0.6 is 11.3 Å². The minimum absolute atomic E-state index is 0.00896. The van der Waals surface area contributed by atoms with Crippen LogP contribution in [0.3, 0.4) is 0 Å². The Kier molecular flexibility index (Phi) is 2.82. The first-order valence-electron chi connectivity index (χ1n) is 5.46. The van der Waals surface area contributed by atoms with Gasteiger partial charge >= 0.3 is 6.18 Å². The molecule has 20 heavy (non-hydrogen) atoms. The molecule has 3 heterocycles. The summed E-state index contributed by atoms with van der Waals surface area (Å²) in [5, 5.41) is 5.34. The van der Waals surface area contributed by atoms with Gasteiger partial charge in [0.25, 0.3) is 0 Å². The smallest absolute Gasteiger partial charge is 0.296 e. The fraction of sp³-hybridized carbons (Fsp3) is 0.0833. The number of carbonyl (C=O) groups excluding carboxylic acids is 1. The Morgan fingerprint density at radius 3 is 2.70 bits per heavy atom. The normalized spacial score (nSPS) is 11.9. The summed E-state index contributed by atoms with van der Waals surface area (Å²) in [6, 6.07) is 5.56. The molecule has 3 rings (SSSR count). The van der Waals surface area contributed by atoms with Crippen LogP contribution in [0.4, 0.5) is 13.2 Å². The molecular weight excluding hydrogens is 291 g/mol. The van der Waals surface area contributed by atoms with E-state index in [4.69, 9.17) is 0 Å². The zero-order valence-electron chi connectivity index (χ0n) is 9.76. The molecule has 8 heteroatoms. The van der Waals surface area contributed by atoms with Gasteiger partial charge in [-0.15, -0.1) is 11.3 Å². The van der Waals surface area contributed by atoms with Gasteiger partial charge in [-0.25, -0.2) is 9.50 Å². The van der Waals surface area contributed by atoms with Crippen molar-refractivity contribution >= 4 is 23.3 Å². The van der Waals surface area contributed by atoms with Crippen LogP contribution in [-0.2, 0) is 6.18 Å². The number of aromatic nitrogens is 3. The second-order valence-corrected chi connectivity index (χ2v) is 4.91. The summed E-state index contributed by atoms with van der Waals surface area (Å²) >= 11 is 1.29. The number of hydrogen-bond acceptors (Lipinski definition) is 4. The van der Waals surface area contributed by atoms with Gasteiger partial charge < -0.3 is 0 Å². The third-order valence-electron chi connectivity index (χ3n) is 2.63. The summed E-state index contributed by atoms with van der Waals surface area (Å²) in [5.41, 5.74) is -0.854. The highest BCUT2D eigenvalue weighted by molar-refractivity contribution is 7.13. The van der Waals surface area contributed by atoms with E-state index < -0.39 is 11.9 Å². The van der Waals surface area contributed by atoms with Gasteiger partial charge in [0.2, 0.25) is 0 Å². The van der Waals surface area contributed by atoms with Crippen molar-refractivity contribution < 1.29 is 18.0 Å². The highest BCUT2D eigenvalue weighted by atomic mass is 32.1. The molecule has 3 aromatic rings. The quantitative estimate of drug-likeness (QED) is 0.682. The summed E-state index contributed by atoms with van der Waals surface area (Å²) in [7, 11) is 0. The van der Waals surface area contributed by atoms with E-state index in [2.05, 4.69) is 10.1 Å². The van der Waals surface area contributed by atoms with Crippen molar-refractivity contribution in [2.75, 3.05) is 0 Å². The summed E-state index contributed by atoms with van der Waals surface area (Å²) in [5.74, 6) is 0. The number of carbonyl (C=O) groups is 1. The maximum atomic E-state index is 13.1. The van der Waals surface area contributed by atoms with Crippen molar-refractivity contribution in [3.05, 3.63) is 41.0 Å². The molecular formula is C12H6F3N3OS. The Balaban J connectivity index is 2.33. The predicted octanol–water partition coefficient (Wildman–Crippen LogP) is 3.29. The van der Waals surface area contributed by atoms with E-state index in [0.29, 0.717) is 15.7 Å². The number of alkyl halides is 3. The Morgan fingerprint density at radius 2 is 2.10 bits per heavy atom. The average molecular weight is 297 g/mol. The molecule has 0 spiro atoms. The lowest BCUT2D eigenvalue weighted by atomic mass is 10.2. The Bertz CT molecular complexity index is 777. The Labute approximate surface area is 114 Å². The van der Waals surface area contributed by atoms with Crippen molar-refractivity contribution in [3.8, 4) is 10.6 Å². The van der Waals surface area contributed by atoms with E-state index in [-0.39, 0.29) is 17.0 Å². The third-order valence-corrected chi connectivity index (χ3v) is 3.52. The van der Waals surface area contributed by atoms with Gasteiger partial charge in [0, 0.05) is 6.07 Å². The first-order valence-corrected chi connectivity index (χ1v) is 6.34. The molecule has 0 amide bonds. The van der Waals surface area contributed by atoms with Gasteiger partial charge in [-0.2, -0.15) is 18.3 Å². The van der Waals surface area contributed by atoms with Gasteiger partial charge in [-0.1, -0.05) is 6.07 Å². The molecule has 0 aliphatic carbocycles. The van der Waals surface area contributed by atoms with Crippen molar-refractivity contribution in [2.24, 2.45) is 0 Å². The molecule has 0 radical (unpaired) electrons. The molecule has 3 aromatic heterocycles. The first-order chi connectivity index (χ1) is 9.49. The standard InChI is InChI=1S/C12H6F3N3OS/c13-12(14,15)10-5-8(9-2-1-3-20-9)16-11-4-7(6-19)17-18(10)11/h1-6H.